The van der Waals surface area contributed by atoms with Crippen LogP contribution in [0.15, 0.2) is 109 Å². The first-order valence-corrected chi connectivity index (χ1v) is 10.3. The zero-order valence-corrected chi connectivity index (χ0v) is 17.6. The fourth-order valence-electron chi connectivity index (χ4n) is 3.82. The zero-order valence-electron chi connectivity index (χ0n) is 16.8. The summed E-state index contributed by atoms with van der Waals surface area (Å²) >= 11 is 6.67. The Morgan fingerprint density at radius 1 is 0.625 bits per heavy atom. The van der Waals surface area contributed by atoms with E-state index in [4.69, 9.17) is 11.6 Å². The van der Waals surface area contributed by atoms with E-state index in [0.29, 0.717) is 10.6 Å². The molecule has 1 N–H and O–H groups in total. The molecule has 4 rings (SSSR count). The highest BCUT2D eigenvalue weighted by molar-refractivity contribution is 6.31. The zero-order chi connectivity index (χ0) is 22.6. The fraction of sp³-hybridized carbons (Fsp3) is 0.0769. The highest BCUT2D eigenvalue weighted by Gasteiger charge is 2.39. The number of hydrogen-bond acceptors (Lipinski definition) is 2. The second-order valence-corrected chi connectivity index (χ2v) is 7.54. The van der Waals surface area contributed by atoms with Gasteiger partial charge in [-0.1, -0.05) is 103 Å². The average Bonchev–Trinajstić information content (AvgIpc) is 2.79. The Kier molecular flexibility index (Phi) is 6.10. The van der Waals surface area contributed by atoms with Gasteiger partial charge in [-0.2, -0.15) is 0 Å². The molecule has 0 spiro atoms. The predicted octanol–water partition coefficient (Wildman–Crippen LogP) is 7.64. The minimum Gasteiger partial charge on any atom is -0.404 e. The van der Waals surface area contributed by atoms with Gasteiger partial charge in [0, 0.05) is 10.6 Å². The molecule has 32 heavy (non-hydrogen) atoms. The van der Waals surface area contributed by atoms with Crippen LogP contribution in [0.1, 0.15) is 16.7 Å². The molecule has 4 aromatic carbocycles. The Labute approximate surface area is 189 Å². The molecule has 0 atom stereocenters. The molecular weight excluding hydrogens is 435 g/mol. The molecular formula is C26H19ClF3NO. The van der Waals surface area contributed by atoms with Crippen molar-refractivity contribution >= 4 is 17.3 Å². The van der Waals surface area contributed by atoms with Gasteiger partial charge >= 0.3 is 6.36 Å². The van der Waals surface area contributed by atoms with E-state index in [1.54, 1.807) is 18.2 Å². The van der Waals surface area contributed by atoms with Crippen molar-refractivity contribution in [3.05, 3.63) is 131 Å². The Morgan fingerprint density at radius 3 is 1.69 bits per heavy atom. The summed E-state index contributed by atoms with van der Waals surface area (Å²) in [6.45, 7) is 0. The summed E-state index contributed by atoms with van der Waals surface area (Å²) in [5.41, 5.74) is 1.40. The van der Waals surface area contributed by atoms with Crippen LogP contribution in [-0.2, 0) is 5.54 Å². The van der Waals surface area contributed by atoms with Gasteiger partial charge in [-0.15, -0.1) is 13.2 Å². The van der Waals surface area contributed by atoms with E-state index in [0.717, 1.165) is 11.1 Å². The van der Waals surface area contributed by atoms with E-state index in [1.807, 2.05) is 78.9 Å². The fourth-order valence-corrected chi connectivity index (χ4v) is 4.09. The van der Waals surface area contributed by atoms with Gasteiger partial charge in [0.2, 0.25) is 0 Å². The summed E-state index contributed by atoms with van der Waals surface area (Å²) in [6.07, 6.45) is -4.83. The number of anilines is 1. The topological polar surface area (TPSA) is 21.3 Å². The lowest BCUT2D eigenvalue weighted by Gasteiger charge is -2.38. The van der Waals surface area contributed by atoms with Crippen LogP contribution in [0.4, 0.5) is 18.9 Å². The highest BCUT2D eigenvalue weighted by Crippen LogP contribution is 2.44. The first-order chi connectivity index (χ1) is 15.4. The summed E-state index contributed by atoms with van der Waals surface area (Å²) in [4.78, 5) is 0. The monoisotopic (exact) mass is 453 g/mol. The number of benzene rings is 4. The van der Waals surface area contributed by atoms with E-state index in [-0.39, 0.29) is 11.4 Å². The lowest BCUT2D eigenvalue weighted by atomic mass is 9.76. The third kappa shape index (κ3) is 4.43. The average molecular weight is 454 g/mol. The van der Waals surface area contributed by atoms with Crippen LogP contribution in [-0.4, -0.2) is 6.36 Å². The lowest BCUT2D eigenvalue weighted by molar-refractivity contribution is -0.274. The summed E-state index contributed by atoms with van der Waals surface area (Å²) < 4.78 is 43.7. The van der Waals surface area contributed by atoms with E-state index >= 15 is 0 Å². The second kappa shape index (κ2) is 8.97. The van der Waals surface area contributed by atoms with Gasteiger partial charge in [0.15, 0.2) is 5.75 Å². The van der Waals surface area contributed by atoms with Crippen molar-refractivity contribution in [2.45, 2.75) is 11.9 Å². The maximum Gasteiger partial charge on any atom is 0.573 e. The molecule has 0 aliphatic rings. The first kappa shape index (κ1) is 21.8. The van der Waals surface area contributed by atoms with E-state index < -0.39 is 11.9 Å². The number of halogens is 4. The third-order valence-corrected chi connectivity index (χ3v) is 5.46. The predicted molar refractivity (Wildman–Crippen MR) is 121 cm³/mol. The van der Waals surface area contributed by atoms with Crippen LogP contribution in [0.5, 0.6) is 5.75 Å². The van der Waals surface area contributed by atoms with Gasteiger partial charge in [-0.25, -0.2) is 0 Å². The molecule has 0 saturated heterocycles. The summed E-state index contributed by atoms with van der Waals surface area (Å²) in [6, 6.07) is 32.2. The van der Waals surface area contributed by atoms with Gasteiger partial charge in [-0.05, 0) is 29.3 Å². The van der Waals surface area contributed by atoms with Crippen molar-refractivity contribution < 1.29 is 17.9 Å². The SMILES string of the molecule is FC(F)(F)Oc1ccccc1NC(c1ccccc1)(c1ccccc1)c1ccccc1Cl. The quantitative estimate of drug-likeness (QED) is 0.303. The Morgan fingerprint density at radius 2 is 1.12 bits per heavy atom. The van der Waals surface area contributed by atoms with Crippen molar-refractivity contribution in [3.8, 4) is 5.75 Å². The third-order valence-electron chi connectivity index (χ3n) is 5.13. The summed E-state index contributed by atoms with van der Waals surface area (Å²) in [5.74, 6) is -0.330. The molecule has 2 nitrogen and oxygen atoms in total. The van der Waals surface area contributed by atoms with Gasteiger partial charge in [0.25, 0.3) is 0 Å². The minimum absolute atomic E-state index is 0.178. The van der Waals surface area contributed by atoms with Crippen LogP contribution in [0.25, 0.3) is 0 Å². The maximum atomic E-state index is 13.1. The maximum absolute atomic E-state index is 13.1. The molecule has 0 saturated carbocycles. The van der Waals surface area contributed by atoms with E-state index in [9.17, 15) is 13.2 Å². The summed E-state index contributed by atoms with van der Waals surface area (Å²) in [5, 5.41) is 3.84. The van der Waals surface area contributed by atoms with Crippen LogP contribution >= 0.6 is 11.6 Å². The molecule has 0 aromatic heterocycles. The number of para-hydroxylation sites is 2. The van der Waals surface area contributed by atoms with E-state index in [1.165, 1.54) is 12.1 Å². The summed E-state index contributed by atoms with van der Waals surface area (Å²) in [7, 11) is 0. The highest BCUT2D eigenvalue weighted by atomic mass is 35.5. The van der Waals surface area contributed by atoms with Gasteiger partial charge in [0.1, 0.15) is 5.54 Å². The van der Waals surface area contributed by atoms with Gasteiger partial charge in [-0.3, -0.25) is 0 Å². The van der Waals surface area contributed by atoms with Gasteiger partial charge < -0.3 is 10.1 Å². The van der Waals surface area contributed by atoms with E-state index in [2.05, 4.69) is 10.1 Å². The van der Waals surface area contributed by atoms with Crippen molar-refractivity contribution in [2.75, 3.05) is 5.32 Å². The molecule has 0 amide bonds. The Hall–Kier alpha value is -3.44. The Bertz CT molecular complexity index is 1140. The molecule has 6 heteroatoms. The van der Waals surface area contributed by atoms with Crippen LogP contribution in [0.3, 0.4) is 0 Å². The van der Waals surface area contributed by atoms with Crippen molar-refractivity contribution in [3.63, 3.8) is 0 Å². The number of rotatable bonds is 6. The molecule has 0 aliphatic carbocycles. The molecule has 0 bridgehead atoms. The van der Waals surface area contributed by atoms with Crippen LogP contribution in [0, 0.1) is 0 Å². The first-order valence-electron chi connectivity index (χ1n) is 9.89. The lowest BCUT2D eigenvalue weighted by Crippen LogP contribution is -2.38. The molecule has 0 aliphatic heterocycles. The number of hydrogen-bond donors (Lipinski definition) is 1. The smallest absolute Gasteiger partial charge is 0.404 e. The largest absolute Gasteiger partial charge is 0.573 e. The van der Waals surface area contributed by atoms with Gasteiger partial charge in [0.05, 0.1) is 5.69 Å². The molecule has 4 aromatic rings. The molecule has 162 valence electrons. The normalized spacial score (nSPS) is 11.8. The van der Waals surface area contributed by atoms with Crippen molar-refractivity contribution in [1.29, 1.82) is 0 Å². The standard InChI is InChI=1S/C26H19ClF3NO/c27-22-16-8-7-15-21(22)25(19-11-3-1-4-12-19,20-13-5-2-6-14-20)31-23-17-9-10-18-24(23)32-26(28,29)30/h1-18,31H. The van der Waals surface area contributed by atoms with Crippen LogP contribution in [0.2, 0.25) is 5.02 Å². The second-order valence-electron chi connectivity index (χ2n) is 7.13. The number of nitrogens with one attached hydrogen (secondary N) is 1. The number of alkyl halides is 3. The molecule has 0 heterocycles. The molecule has 0 unspecified atom stereocenters. The Balaban J connectivity index is 2.00. The minimum atomic E-state index is -4.83. The number of ether oxygens (including phenoxy) is 1. The van der Waals surface area contributed by atoms with Crippen molar-refractivity contribution in [2.24, 2.45) is 0 Å². The van der Waals surface area contributed by atoms with Crippen molar-refractivity contribution in [1.82, 2.24) is 0 Å². The molecule has 0 fully saturated rings. The molecule has 0 radical (unpaired) electrons. The van der Waals surface area contributed by atoms with Crippen LogP contribution < -0.4 is 10.1 Å².